The number of ether oxygens (including phenoxy) is 1. The molecule has 1 aliphatic rings. The Balaban J connectivity index is 1.65. The first kappa shape index (κ1) is 17.6. The molecule has 3 rings (SSSR count). The third-order valence-corrected chi connectivity index (χ3v) is 5.43. The Morgan fingerprint density at radius 2 is 2.04 bits per heavy atom. The van der Waals surface area contributed by atoms with E-state index in [0.717, 1.165) is 30.6 Å². The fraction of sp³-hybridized carbons (Fsp3) is 0.368. The summed E-state index contributed by atoms with van der Waals surface area (Å²) in [4.78, 5) is 27.0. The van der Waals surface area contributed by atoms with Gasteiger partial charge in [-0.2, -0.15) is 0 Å². The van der Waals surface area contributed by atoms with Crippen LogP contribution in [0.4, 0.5) is 0 Å². The van der Waals surface area contributed by atoms with Crippen LogP contribution in [0.15, 0.2) is 35.7 Å². The minimum Gasteiger partial charge on any atom is -0.465 e. The van der Waals surface area contributed by atoms with E-state index < -0.39 is 0 Å². The number of methoxy groups -OCH3 is 1. The maximum atomic E-state index is 12.3. The molecular formula is C19H22N2O3S. The quantitative estimate of drug-likeness (QED) is 0.835. The van der Waals surface area contributed by atoms with Gasteiger partial charge in [0.25, 0.3) is 5.91 Å². The van der Waals surface area contributed by atoms with Crippen molar-refractivity contribution in [3.63, 3.8) is 0 Å². The molecule has 1 fully saturated rings. The van der Waals surface area contributed by atoms with Crippen molar-refractivity contribution in [2.75, 3.05) is 33.8 Å². The van der Waals surface area contributed by atoms with Crippen molar-refractivity contribution in [2.24, 2.45) is 5.92 Å². The molecule has 132 valence electrons. The molecule has 1 atom stereocenters. The third kappa shape index (κ3) is 4.08. The maximum absolute atomic E-state index is 12.3. The van der Waals surface area contributed by atoms with Crippen LogP contribution in [-0.2, 0) is 4.74 Å². The lowest BCUT2D eigenvalue weighted by atomic mass is 10.0. The highest BCUT2D eigenvalue weighted by atomic mass is 32.1. The summed E-state index contributed by atoms with van der Waals surface area (Å²) in [6.45, 7) is 2.84. The number of amides is 1. The van der Waals surface area contributed by atoms with Crippen molar-refractivity contribution < 1.29 is 14.3 Å². The van der Waals surface area contributed by atoms with Crippen LogP contribution in [0.3, 0.4) is 0 Å². The van der Waals surface area contributed by atoms with Gasteiger partial charge in [-0.1, -0.05) is 12.1 Å². The molecule has 1 aliphatic heterocycles. The Morgan fingerprint density at radius 1 is 1.28 bits per heavy atom. The number of hydrogen-bond donors (Lipinski definition) is 1. The molecule has 1 aromatic heterocycles. The van der Waals surface area contributed by atoms with E-state index in [0.29, 0.717) is 22.9 Å². The molecule has 0 bridgehead atoms. The number of rotatable bonds is 5. The number of thiophene rings is 1. The Labute approximate surface area is 151 Å². The zero-order chi connectivity index (χ0) is 17.8. The van der Waals surface area contributed by atoms with Gasteiger partial charge < -0.3 is 15.0 Å². The average molecular weight is 358 g/mol. The van der Waals surface area contributed by atoms with Crippen LogP contribution in [0.25, 0.3) is 11.1 Å². The van der Waals surface area contributed by atoms with Crippen molar-refractivity contribution in [1.82, 2.24) is 10.2 Å². The number of hydrogen-bond acceptors (Lipinski definition) is 5. The molecule has 1 amide bonds. The Bertz CT molecular complexity index is 754. The maximum Gasteiger partial charge on any atom is 0.348 e. The van der Waals surface area contributed by atoms with Gasteiger partial charge in [-0.15, -0.1) is 11.3 Å². The summed E-state index contributed by atoms with van der Waals surface area (Å²) in [5, 5.41) is 4.88. The first-order valence-electron chi connectivity index (χ1n) is 8.31. The minimum absolute atomic E-state index is 0.0559. The monoisotopic (exact) mass is 358 g/mol. The lowest BCUT2D eigenvalue weighted by molar-refractivity contribution is 0.0607. The van der Waals surface area contributed by atoms with Gasteiger partial charge in [0, 0.05) is 24.2 Å². The van der Waals surface area contributed by atoms with Crippen molar-refractivity contribution in [1.29, 1.82) is 0 Å². The molecule has 25 heavy (non-hydrogen) atoms. The summed E-state index contributed by atoms with van der Waals surface area (Å²) in [5.41, 5.74) is 2.36. The highest BCUT2D eigenvalue weighted by Gasteiger charge is 2.20. The fourth-order valence-corrected chi connectivity index (χ4v) is 3.95. The highest BCUT2D eigenvalue weighted by Crippen LogP contribution is 2.29. The standard InChI is InChI=1S/C19H22N2O3S/c1-21-9-7-13(12-21)11-20-18(22)15-5-3-14(4-6-15)16-8-10-25-17(16)19(23)24-2/h3-6,8,10,13H,7,9,11-12H2,1-2H3,(H,20,22)/t13-/m1/s1. The second-order valence-corrected chi connectivity index (χ2v) is 7.28. The molecule has 1 N–H and O–H groups in total. The van der Waals surface area contributed by atoms with E-state index in [1.807, 2.05) is 23.6 Å². The summed E-state index contributed by atoms with van der Waals surface area (Å²) in [6, 6.07) is 9.22. The number of carbonyl (C=O) groups is 2. The lowest BCUT2D eigenvalue weighted by Crippen LogP contribution is -2.30. The van der Waals surface area contributed by atoms with Crippen LogP contribution >= 0.6 is 11.3 Å². The molecule has 0 radical (unpaired) electrons. The molecule has 1 saturated heterocycles. The number of esters is 1. The van der Waals surface area contributed by atoms with Gasteiger partial charge in [-0.05, 0) is 55.1 Å². The molecule has 0 unspecified atom stereocenters. The Hall–Kier alpha value is -2.18. The fourth-order valence-electron chi connectivity index (χ4n) is 3.12. The van der Waals surface area contributed by atoms with Gasteiger partial charge in [0.05, 0.1) is 7.11 Å². The molecule has 0 saturated carbocycles. The zero-order valence-electron chi connectivity index (χ0n) is 14.5. The molecule has 0 spiro atoms. The van der Waals surface area contributed by atoms with E-state index >= 15 is 0 Å². The summed E-state index contributed by atoms with van der Waals surface area (Å²) in [7, 11) is 3.48. The molecule has 2 heterocycles. The van der Waals surface area contributed by atoms with E-state index in [9.17, 15) is 9.59 Å². The molecule has 6 heteroatoms. The van der Waals surface area contributed by atoms with Crippen LogP contribution in [0, 0.1) is 5.92 Å². The second kappa shape index (κ2) is 7.80. The number of likely N-dealkylation sites (tertiary alicyclic amines) is 1. The van der Waals surface area contributed by atoms with Gasteiger partial charge in [-0.25, -0.2) is 4.79 Å². The van der Waals surface area contributed by atoms with Gasteiger partial charge in [0.1, 0.15) is 4.88 Å². The van der Waals surface area contributed by atoms with Crippen LogP contribution in [0.2, 0.25) is 0 Å². The number of benzene rings is 1. The average Bonchev–Trinajstić information content (AvgIpc) is 3.28. The van der Waals surface area contributed by atoms with E-state index in [-0.39, 0.29) is 11.9 Å². The van der Waals surface area contributed by atoms with Crippen LogP contribution in [0.5, 0.6) is 0 Å². The molecule has 5 nitrogen and oxygen atoms in total. The lowest BCUT2D eigenvalue weighted by Gasteiger charge is -2.12. The zero-order valence-corrected chi connectivity index (χ0v) is 15.3. The number of carbonyl (C=O) groups excluding carboxylic acids is 2. The predicted octanol–water partition coefficient (Wildman–Crippen LogP) is 2.88. The summed E-state index contributed by atoms with van der Waals surface area (Å²) in [6.07, 6.45) is 1.13. The SMILES string of the molecule is COC(=O)c1sccc1-c1ccc(C(=O)NC[C@H]2CCN(C)C2)cc1. The van der Waals surface area contributed by atoms with Gasteiger partial charge >= 0.3 is 5.97 Å². The van der Waals surface area contributed by atoms with Crippen molar-refractivity contribution in [3.8, 4) is 11.1 Å². The second-order valence-electron chi connectivity index (χ2n) is 6.36. The summed E-state index contributed by atoms with van der Waals surface area (Å²) >= 11 is 1.35. The number of nitrogens with zero attached hydrogens (tertiary/aromatic N) is 1. The van der Waals surface area contributed by atoms with Crippen LogP contribution in [-0.4, -0.2) is 50.6 Å². The summed E-state index contributed by atoms with van der Waals surface area (Å²) in [5.74, 6) is 0.134. The van der Waals surface area contributed by atoms with Crippen molar-refractivity contribution in [2.45, 2.75) is 6.42 Å². The first-order valence-corrected chi connectivity index (χ1v) is 9.19. The highest BCUT2D eigenvalue weighted by molar-refractivity contribution is 7.12. The molecular weight excluding hydrogens is 336 g/mol. The number of nitrogens with one attached hydrogen (secondary N) is 1. The third-order valence-electron chi connectivity index (χ3n) is 4.53. The van der Waals surface area contributed by atoms with E-state index in [1.54, 1.807) is 12.1 Å². The smallest absolute Gasteiger partial charge is 0.348 e. The van der Waals surface area contributed by atoms with Gasteiger partial charge in [0.2, 0.25) is 0 Å². The Morgan fingerprint density at radius 3 is 2.68 bits per heavy atom. The first-order chi connectivity index (χ1) is 12.1. The van der Waals surface area contributed by atoms with E-state index in [2.05, 4.69) is 17.3 Å². The van der Waals surface area contributed by atoms with Crippen molar-refractivity contribution in [3.05, 3.63) is 46.2 Å². The largest absolute Gasteiger partial charge is 0.465 e. The minimum atomic E-state index is -0.339. The summed E-state index contributed by atoms with van der Waals surface area (Å²) < 4.78 is 4.81. The predicted molar refractivity (Wildman–Crippen MR) is 99.0 cm³/mol. The Kier molecular flexibility index (Phi) is 5.50. The van der Waals surface area contributed by atoms with E-state index in [4.69, 9.17) is 4.74 Å². The van der Waals surface area contributed by atoms with Crippen molar-refractivity contribution >= 4 is 23.2 Å². The van der Waals surface area contributed by atoms with Crippen LogP contribution < -0.4 is 5.32 Å². The molecule has 0 aliphatic carbocycles. The van der Waals surface area contributed by atoms with Gasteiger partial charge in [-0.3, -0.25) is 4.79 Å². The molecule has 2 aromatic rings. The molecule has 1 aromatic carbocycles. The van der Waals surface area contributed by atoms with Gasteiger partial charge in [0.15, 0.2) is 0 Å². The van der Waals surface area contributed by atoms with E-state index in [1.165, 1.54) is 18.4 Å². The van der Waals surface area contributed by atoms with Crippen LogP contribution in [0.1, 0.15) is 26.5 Å². The topological polar surface area (TPSA) is 58.6 Å². The normalized spacial score (nSPS) is 17.4.